The zero-order valence-corrected chi connectivity index (χ0v) is 16.7. The summed E-state index contributed by atoms with van der Waals surface area (Å²) >= 11 is 0. The Balaban J connectivity index is 1.75. The predicted octanol–water partition coefficient (Wildman–Crippen LogP) is 2.40. The fourth-order valence-corrected chi connectivity index (χ4v) is 3.22. The van der Waals surface area contributed by atoms with E-state index in [1.54, 1.807) is 0 Å². The highest BCUT2D eigenvalue weighted by molar-refractivity contribution is 5.71. The summed E-state index contributed by atoms with van der Waals surface area (Å²) < 4.78 is 43.9. The molecule has 1 unspecified atom stereocenters. The Bertz CT molecular complexity index is 1050. The lowest BCUT2D eigenvalue weighted by molar-refractivity contribution is -0.138. The first kappa shape index (κ1) is 22.1. The number of aromatic nitrogens is 3. The standard InChI is InChI=1S/C19H19F3N6O3/c1-11(2)15-10-27(17-25-7-12(6-23)8-26-17)3-4-28(15)18(30)31-13-5-14(19(20,21)22)16(29)24-9-13/h5,7-9,11,15H,3-4,10H2,1-2H3,(H,24,29). The van der Waals surface area contributed by atoms with E-state index in [2.05, 4.69) is 9.97 Å². The number of carbonyl (C=O) groups is 1. The molecule has 164 valence electrons. The highest BCUT2D eigenvalue weighted by atomic mass is 19.4. The smallest absolute Gasteiger partial charge is 0.409 e. The average Bonchev–Trinajstić information content (AvgIpc) is 2.73. The summed E-state index contributed by atoms with van der Waals surface area (Å²) in [6.45, 7) is 4.76. The molecule has 2 aromatic heterocycles. The van der Waals surface area contributed by atoms with Crippen molar-refractivity contribution in [3.63, 3.8) is 0 Å². The van der Waals surface area contributed by atoms with Crippen LogP contribution in [-0.2, 0) is 6.18 Å². The summed E-state index contributed by atoms with van der Waals surface area (Å²) in [5, 5.41) is 8.86. The third-order valence-electron chi connectivity index (χ3n) is 4.86. The zero-order valence-electron chi connectivity index (χ0n) is 16.7. The number of nitrogens with zero attached hydrogens (tertiary/aromatic N) is 5. The minimum Gasteiger partial charge on any atom is -0.409 e. The number of piperazine rings is 1. The molecule has 12 heteroatoms. The number of ether oxygens (including phenoxy) is 1. The topological polar surface area (TPSA) is 115 Å². The average molecular weight is 436 g/mol. The SMILES string of the molecule is CC(C)C1CN(c2ncc(C#N)cn2)CCN1C(=O)Oc1c[nH]c(=O)c(C(F)(F)F)c1. The molecule has 3 rings (SSSR count). The zero-order chi connectivity index (χ0) is 22.8. The molecule has 0 aliphatic carbocycles. The molecule has 1 N–H and O–H groups in total. The normalized spacial score (nSPS) is 16.9. The van der Waals surface area contributed by atoms with Gasteiger partial charge in [0.05, 0.1) is 24.0 Å². The minimum absolute atomic E-state index is 0.00459. The van der Waals surface area contributed by atoms with Crippen molar-refractivity contribution >= 4 is 12.0 Å². The highest BCUT2D eigenvalue weighted by Crippen LogP contribution is 2.29. The van der Waals surface area contributed by atoms with Crippen molar-refractivity contribution < 1.29 is 22.7 Å². The van der Waals surface area contributed by atoms with E-state index in [9.17, 15) is 22.8 Å². The molecule has 3 heterocycles. The van der Waals surface area contributed by atoms with Crippen LogP contribution < -0.4 is 15.2 Å². The van der Waals surface area contributed by atoms with E-state index in [0.29, 0.717) is 30.7 Å². The van der Waals surface area contributed by atoms with Gasteiger partial charge < -0.3 is 19.5 Å². The lowest BCUT2D eigenvalue weighted by Crippen LogP contribution is -2.58. The van der Waals surface area contributed by atoms with E-state index in [0.717, 1.165) is 6.20 Å². The van der Waals surface area contributed by atoms with Crippen LogP contribution >= 0.6 is 0 Å². The number of aromatic amines is 1. The van der Waals surface area contributed by atoms with Gasteiger partial charge in [-0.15, -0.1) is 0 Å². The summed E-state index contributed by atoms with van der Waals surface area (Å²) in [6, 6.07) is 2.11. The van der Waals surface area contributed by atoms with E-state index in [1.807, 2.05) is 29.8 Å². The molecule has 0 bridgehead atoms. The molecule has 1 aliphatic rings. The van der Waals surface area contributed by atoms with Crippen LogP contribution in [0.4, 0.5) is 23.9 Å². The number of carbonyl (C=O) groups excluding carboxylic acids is 1. The first-order valence-electron chi connectivity index (χ1n) is 9.35. The lowest BCUT2D eigenvalue weighted by Gasteiger charge is -2.42. The summed E-state index contributed by atoms with van der Waals surface area (Å²) in [6.07, 6.45) is -1.97. The van der Waals surface area contributed by atoms with Crippen LogP contribution in [0.1, 0.15) is 25.0 Å². The van der Waals surface area contributed by atoms with Gasteiger partial charge in [0.25, 0.3) is 5.56 Å². The summed E-state index contributed by atoms with van der Waals surface area (Å²) in [5.41, 5.74) is -2.44. The maximum Gasteiger partial charge on any atom is 0.421 e. The van der Waals surface area contributed by atoms with Crippen LogP contribution in [0.25, 0.3) is 0 Å². The Morgan fingerprint density at radius 2 is 2.00 bits per heavy atom. The number of halogens is 3. The van der Waals surface area contributed by atoms with E-state index in [4.69, 9.17) is 10.00 Å². The third-order valence-corrected chi connectivity index (χ3v) is 4.86. The van der Waals surface area contributed by atoms with Crippen LogP contribution in [0.3, 0.4) is 0 Å². The molecule has 9 nitrogen and oxygen atoms in total. The van der Waals surface area contributed by atoms with Gasteiger partial charge in [-0.05, 0) is 5.92 Å². The van der Waals surface area contributed by atoms with Crippen LogP contribution in [0.2, 0.25) is 0 Å². The van der Waals surface area contributed by atoms with Crippen LogP contribution in [-0.4, -0.2) is 51.6 Å². The Labute approximate surface area is 175 Å². The van der Waals surface area contributed by atoms with Gasteiger partial charge in [0.2, 0.25) is 5.95 Å². The molecule has 1 atom stereocenters. The van der Waals surface area contributed by atoms with Gasteiger partial charge in [-0.3, -0.25) is 4.79 Å². The van der Waals surface area contributed by atoms with E-state index in [-0.39, 0.29) is 18.5 Å². The summed E-state index contributed by atoms with van der Waals surface area (Å²) in [7, 11) is 0. The maximum absolute atomic E-state index is 12.9. The third kappa shape index (κ3) is 4.93. The quantitative estimate of drug-likeness (QED) is 0.786. The van der Waals surface area contributed by atoms with Crippen molar-refractivity contribution in [2.24, 2.45) is 5.92 Å². The van der Waals surface area contributed by atoms with Gasteiger partial charge in [0.15, 0.2) is 0 Å². The molecular weight excluding hydrogens is 417 g/mol. The van der Waals surface area contributed by atoms with Crippen molar-refractivity contribution in [1.29, 1.82) is 5.26 Å². The number of H-pyrrole nitrogens is 1. The van der Waals surface area contributed by atoms with Crippen LogP contribution in [0.15, 0.2) is 29.5 Å². The summed E-state index contributed by atoms with van der Waals surface area (Å²) in [5.74, 6) is 0.000422. The van der Waals surface area contributed by atoms with Gasteiger partial charge in [-0.2, -0.15) is 18.4 Å². The molecular formula is C19H19F3N6O3. The highest BCUT2D eigenvalue weighted by Gasteiger charge is 2.36. The molecule has 1 fully saturated rings. The van der Waals surface area contributed by atoms with Crippen molar-refractivity contribution in [3.8, 4) is 11.8 Å². The van der Waals surface area contributed by atoms with Gasteiger partial charge in [-0.25, -0.2) is 14.8 Å². The number of hydrogen-bond acceptors (Lipinski definition) is 7. The van der Waals surface area contributed by atoms with Crippen molar-refractivity contribution in [2.75, 3.05) is 24.5 Å². The Hall–Kier alpha value is -3.62. The molecule has 0 spiro atoms. The Morgan fingerprint density at radius 1 is 1.32 bits per heavy atom. The second kappa shape index (κ2) is 8.63. The second-order valence-electron chi connectivity index (χ2n) is 7.28. The van der Waals surface area contributed by atoms with Crippen molar-refractivity contribution in [1.82, 2.24) is 19.9 Å². The van der Waals surface area contributed by atoms with E-state index < -0.39 is 29.1 Å². The van der Waals surface area contributed by atoms with Gasteiger partial charge in [0.1, 0.15) is 17.4 Å². The molecule has 0 radical (unpaired) electrons. The first-order valence-corrected chi connectivity index (χ1v) is 9.35. The predicted molar refractivity (Wildman–Crippen MR) is 102 cm³/mol. The number of anilines is 1. The molecule has 0 saturated carbocycles. The number of nitrogens with one attached hydrogen (secondary N) is 1. The molecule has 31 heavy (non-hydrogen) atoms. The molecule has 1 aliphatic heterocycles. The number of amides is 1. The van der Waals surface area contributed by atoms with E-state index in [1.165, 1.54) is 17.3 Å². The Morgan fingerprint density at radius 3 is 2.58 bits per heavy atom. The minimum atomic E-state index is -4.87. The molecule has 1 amide bonds. The fourth-order valence-electron chi connectivity index (χ4n) is 3.22. The number of hydrogen-bond donors (Lipinski definition) is 1. The Kier molecular flexibility index (Phi) is 6.14. The number of nitriles is 1. The first-order chi connectivity index (χ1) is 14.6. The van der Waals surface area contributed by atoms with Crippen molar-refractivity contribution in [3.05, 3.63) is 46.1 Å². The fraction of sp³-hybridized carbons (Fsp3) is 0.421. The van der Waals surface area contributed by atoms with Gasteiger partial charge in [-0.1, -0.05) is 13.8 Å². The summed E-state index contributed by atoms with van der Waals surface area (Å²) in [4.78, 5) is 37.7. The van der Waals surface area contributed by atoms with Crippen LogP contribution in [0.5, 0.6) is 5.75 Å². The maximum atomic E-state index is 12.9. The second-order valence-corrected chi connectivity index (χ2v) is 7.28. The van der Waals surface area contributed by atoms with Crippen LogP contribution in [0, 0.1) is 17.2 Å². The number of rotatable bonds is 3. The largest absolute Gasteiger partial charge is 0.421 e. The monoisotopic (exact) mass is 436 g/mol. The lowest BCUT2D eigenvalue weighted by atomic mass is 10.00. The molecule has 2 aromatic rings. The van der Waals surface area contributed by atoms with Crippen molar-refractivity contribution in [2.45, 2.75) is 26.1 Å². The van der Waals surface area contributed by atoms with Gasteiger partial charge in [0, 0.05) is 31.9 Å². The van der Waals surface area contributed by atoms with E-state index >= 15 is 0 Å². The number of alkyl halides is 3. The number of pyridine rings is 1. The molecule has 1 saturated heterocycles. The van der Waals surface area contributed by atoms with Gasteiger partial charge >= 0.3 is 12.3 Å². The molecule has 0 aromatic carbocycles.